The van der Waals surface area contributed by atoms with Gasteiger partial charge in [0.05, 0.1) is 18.2 Å². The third-order valence-corrected chi connectivity index (χ3v) is 4.15. The number of fused-ring (bicyclic) bond motifs is 1. The molecule has 0 N–H and O–H groups in total. The van der Waals surface area contributed by atoms with Crippen LogP contribution in [-0.4, -0.2) is 14.6 Å². The normalized spacial score (nSPS) is 11.2. The van der Waals surface area contributed by atoms with Crippen LogP contribution < -0.4 is 0 Å². The molecule has 3 aromatic heterocycles. The molecule has 0 bridgehead atoms. The topological polar surface area (TPSA) is 43.3 Å². The summed E-state index contributed by atoms with van der Waals surface area (Å²) >= 11 is 7.41. The summed E-state index contributed by atoms with van der Waals surface area (Å²) in [5.41, 5.74) is 1.96. The molecule has 0 unspecified atom stereocenters. The van der Waals surface area contributed by atoms with Gasteiger partial charge in [0, 0.05) is 10.6 Å². The summed E-state index contributed by atoms with van der Waals surface area (Å²) in [6.45, 7) is 0. The fourth-order valence-corrected chi connectivity index (χ4v) is 2.98. The maximum Gasteiger partial charge on any atom is 0.213 e. The molecule has 0 saturated heterocycles. The average molecular weight is 302 g/mol. The highest BCUT2D eigenvalue weighted by Gasteiger charge is 2.13. The minimum Gasteiger partial charge on any atom is -0.462 e. The Labute approximate surface area is 123 Å². The van der Waals surface area contributed by atoms with E-state index in [1.54, 1.807) is 6.26 Å². The highest BCUT2D eigenvalue weighted by molar-refractivity contribution is 7.19. The second kappa shape index (κ2) is 4.47. The van der Waals surface area contributed by atoms with Crippen molar-refractivity contribution in [2.75, 3.05) is 0 Å². The summed E-state index contributed by atoms with van der Waals surface area (Å²) < 4.78 is 7.19. The number of furan rings is 1. The van der Waals surface area contributed by atoms with Crippen molar-refractivity contribution >= 4 is 27.9 Å². The zero-order valence-corrected chi connectivity index (χ0v) is 11.7. The van der Waals surface area contributed by atoms with E-state index in [2.05, 4.69) is 10.1 Å². The van der Waals surface area contributed by atoms with Crippen LogP contribution in [0.3, 0.4) is 0 Å². The van der Waals surface area contributed by atoms with Crippen LogP contribution in [0, 0.1) is 0 Å². The van der Waals surface area contributed by atoms with Gasteiger partial charge in [-0.25, -0.2) is 9.50 Å². The standard InChI is InChI=1S/C14H8ClN3OS/c15-10-5-3-9(4-6-10)11-8-16-14-18(11)17-13(20-14)12-2-1-7-19-12/h1-8H. The fraction of sp³-hybridized carbons (Fsp3) is 0. The lowest BCUT2D eigenvalue weighted by atomic mass is 10.2. The zero-order chi connectivity index (χ0) is 13.5. The molecular weight excluding hydrogens is 294 g/mol. The van der Waals surface area contributed by atoms with Crippen molar-refractivity contribution in [2.24, 2.45) is 0 Å². The van der Waals surface area contributed by atoms with Crippen molar-refractivity contribution in [3.8, 4) is 22.0 Å². The molecule has 98 valence electrons. The van der Waals surface area contributed by atoms with Crippen LogP contribution in [0.25, 0.3) is 27.0 Å². The third-order valence-electron chi connectivity index (χ3n) is 2.96. The van der Waals surface area contributed by atoms with Crippen LogP contribution in [-0.2, 0) is 0 Å². The van der Waals surface area contributed by atoms with Gasteiger partial charge >= 0.3 is 0 Å². The van der Waals surface area contributed by atoms with Crippen molar-refractivity contribution in [3.05, 3.63) is 53.9 Å². The summed E-state index contributed by atoms with van der Waals surface area (Å²) in [6.07, 6.45) is 3.45. The van der Waals surface area contributed by atoms with E-state index in [4.69, 9.17) is 16.0 Å². The summed E-state index contributed by atoms with van der Waals surface area (Å²) in [7, 11) is 0. The predicted octanol–water partition coefficient (Wildman–Crippen LogP) is 4.37. The van der Waals surface area contributed by atoms with Gasteiger partial charge in [-0.3, -0.25) is 0 Å². The van der Waals surface area contributed by atoms with Crippen LogP contribution in [0.15, 0.2) is 53.3 Å². The molecule has 0 atom stereocenters. The van der Waals surface area contributed by atoms with Crippen molar-refractivity contribution in [3.63, 3.8) is 0 Å². The Morgan fingerprint density at radius 2 is 2.00 bits per heavy atom. The third kappa shape index (κ3) is 1.83. The molecule has 0 amide bonds. The van der Waals surface area contributed by atoms with Crippen molar-refractivity contribution < 1.29 is 4.42 Å². The van der Waals surface area contributed by atoms with Gasteiger partial charge in [0.1, 0.15) is 0 Å². The van der Waals surface area contributed by atoms with Gasteiger partial charge in [-0.15, -0.1) is 0 Å². The Morgan fingerprint density at radius 3 is 2.75 bits per heavy atom. The molecule has 0 aliphatic heterocycles. The zero-order valence-electron chi connectivity index (χ0n) is 10.2. The first-order valence-corrected chi connectivity index (χ1v) is 7.15. The highest BCUT2D eigenvalue weighted by Crippen LogP contribution is 2.29. The van der Waals surface area contributed by atoms with E-state index in [1.807, 2.05) is 47.1 Å². The van der Waals surface area contributed by atoms with Crippen LogP contribution in [0.4, 0.5) is 0 Å². The lowest BCUT2D eigenvalue weighted by molar-refractivity contribution is 0.580. The van der Waals surface area contributed by atoms with Crippen LogP contribution >= 0.6 is 22.9 Å². The first-order valence-electron chi connectivity index (χ1n) is 5.96. The summed E-state index contributed by atoms with van der Waals surface area (Å²) in [4.78, 5) is 5.23. The molecule has 0 spiro atoms. The maximum absolute atomic E-state index is 5.91. The van der Waals surface area contributed by atoms with Gasteiger partial charge in [-0.1, -0.05) is 35.1 Å². The molecule has 0 aliphatic rings. The summed E-state index contributed by atoms with van der Waals surface area (Å²) in [5, 5.41) is 6.09. The predicted molar refractivity (Wildman–Crippen MR) is 79.0 cm³/mol. The number of nitrogens with zero attached hydrogens (tertiary/aromatic N) is 3. The largest absolute Gasteiger partial charge is 0.462 e. The molecule has 20 heavy (non-hydrogen) atoms. The van der Waals surface area contributed by atoms with E-state index < -0.39 is 0 Å². The molecule has 0 aliphatic carbocycles. The molecule has 0 saturated carbocycles. The molecule has 4 rings (SSSR count). The average Bonchev–Trinajstić information content (AvgIpc) is 3.15. The van der Waals surface area contributed by atoms with Crippen LogP contribution in [0.5, 0.6) is 0 Å². The van der Waals surface area contributed by atoms with Gasteiger partial charge in [0.25, 0.3) is 0 Å². The van der Waals surface area contributed by atoms with E-state index in [-0.39, 0.29) is 0 Å². The van der Waals surface area contributed by atoms with E-state index in [0.29, 0.717) is 5.02 Å². The minimum atomic E-state index is 0.712. The van der Waals surface area contributed by atoms with E-state index >= 15 is 0 Å². The number of rotatable bonds is 2. The number of hydrogen-bond acceptors (Lipinski definition) is 4. The van der Waals surface area contributed by atoms with E-state index in [1.165, 1.54) is 11.3 Å². The molecule has 4 nitrogen and oxygen atoms in total. The van der Waals surface area contributed by atoms with Gasteiger partial charge in [0.2, 0.25) is 4.96 Å². The first-order chi connectivity index (χ1) is 9.81. The van der Waals surface area contributed by atoms with Crippen molar-refractivity contribution in [1.29, 1.82) is 0 Å². The summed E-state index contributed by atoms with van der Waals surface area (Å²) in [6, 6.07) is 11.4. The number of halogens is 1. The highest BCUT2D eigenvalue weighted by atomic mass is 35.5. The lowest BCUT2D eigenvalue weighted by Gasteiger charge is -1.98. The molecule has 4 aromatic rings. The Morgan fingerprint density at radius 1 is 1.15 bits per heavy atom. The Kier molecular flexibility index (Phi) is 2.61. The minimum absolute atomic E-state index is 0.712. The van der Waals surface area contributed by atoms with Crippen molar-refractivity contribution in [2.45, 2.75) is 0 Å². The van der Waals surface area contributed by atoms with Gasteiger partial charge in [-0.2, -0.15) is 5.10 Å². The lowest BCUT2D eigenvalue weighted by Crippen LogP contribution is -1.88. The number of imidazole rings is 1. The molecular formula is C14H8ClN3OS. The Bertz CT molecular complexity index is 862. The second-order valence-electron chi connectivity index (χ2n) is 4.23. The molecule has 1 aromatic carbocycles. The quantitative estimate of drug-likeness (QED) is 0.552. The van der Waals surface area contributed by atoms with Gasteiger partial charge < -0.3 is 4.42 Å². The van der Waals surface area contributed by atoms with E-state index in [9.17, 15) is 0 Å². The first kappa shape index (κ1) is 11.7. The monoisotopic (exact) mass is 301 g/mol. The van der Waals surface area contributed by atoms with Crippen LogP contribution in [0.1, 0.15) is 0 Å². The molecule has 0 radical (unpaired) electrons. The molecule has 6 heteroatoms. The Balaban J connectivity index is 1.86. The van der Waals surface area contributed by atoms with Gasteiger partial charge in [0.15, 0.2) is 10.8 Å². The van der Waals surface area contributed by atoms with Crippen LogP contribution in [0.2, 0.25) is 5.02 Å². The van der Waals surface area contributed by atoms with Gasteiger partial charge in [-0.05, 0) is 24.3 Å². The second-order valence-corrected chi connectivity index (χ2v) is 5.62. The van der Waals surface area contributed by atoms with E-state index in [0.717, 1.165) is 27.0 Å². The number of hydrogen-bond donors (Lipinski definition) is 0. The van der Waals surface area contributed by atoms with Crippen molar-refractivity contribution in [1.82, 2.24) is 14.6 Å². The smallest absolute Gasteiger partial charge is 0.213 e. The Hall–Kier alpha value is -2.11. The summed E-state index contributed by atoms with van der Waals surface area (Å²) in [5.74, 6) is 0.752. The number of aromatic nitrogens is 3. The molecule has 3 heterocycles. The molecule has 0 fully saturated rings. The SMILES string of the molecule is Clc1ccc(-c2cnc3sc(-c4ccco4)nn23)cc1. The maximum atomic E-state index is 5.91. The fourth-order valence-electron chi connectivity index (χ4n) is 2.01. The number of benzene rings is 1.